The number of nitrogens with one attached hydrogen (secondary N) is 1. The van der Waals surface area contributed by atoms with E-state index in [2.05, 4.69) is 76.6 Å². The van der Waals surface area contributed by atoms with Crippen molar-refractivity contribution in [1.82, 2.24) is 9.55 Å². The molecule has 1 unspecified atom stereocenters. The topological polar surface area (TPSA) is 15.3 Å². The van der Waals surface area contributed by atoms with Crippen LogP contribution in [0.5, 0.6) is 0 Å². The molecule has 0 aliphatic carbocycles. The van der Waals surface area contributed by atoms with Crippen molar-refractivity contribution in [2.75, 3.05) is 13.6 Å². The maximum absolute atomic E-state index is 3.74. The average Bonchev–Trinajstić information content (AvgIpc) is 2.09. The van der Waals surface area contributed by atoms with Crippen LogP contribution in [-0.2, 0) is 0 Å². The minimum atomic E-state index is -0.981. The molecule has 1 fully saturated rings. The van der Waals surface area contributed by atoms with Crippen LogP contribution >= 0.6 is 0 Å². The van der Waals surface area contributed by atoms with Crippen molar-refractivity contribution in [1.29, 1.82) is 0 Å². The fourth-order valence-electron chi connectivity index (χ4n) is 2.78. The Morgan fingerprint density at radius 3 is 1.57 bits per heavy atom. The van der Waals surface area contributed by atoms with E-state index in [0.717, 1.165) is 5.92 Å². The van der Waals surface area contributed by atoms with Gasteiger partial charge in [0.2, 0.25) is 0 Å². The SMILES string of the molecule is CC1CCCN(C)C1(C)C.C[Si](C)(C)N[Si](C)(C)C.[KH].[LiH]. The molecule has 1 saturated heterocycles. The van der Waals surface area contributed by atoms with Gasteiger partial charge < -0.3 is 9.55 Å². The van der Waals surface area contributed by atoms with Crippen molar-refractivity contribution in [3.8, 4) is 0 Å². The van der Waals surface area contributed by atoms with Crippen LogP contribution in [0.2, 0.25) is 39.3 Å². The van der Waals surface area contributed by atoms with E-state index >= 15 is 0 Å². The Balaban J connectivity index is -0.000000284. The predicted octanol–water partition coefficient (Wildman–Crippen LogP) is 3.08. The average molecular weight is 351 g/mol. The zero-order chi connectivity index (χ0) is 15.5. The van der Waals surface area contributed by atoms with E-state index < -0.39 is 16.5 Å². The van der Waals surface area contributed by atoms with Gasteiger partial charge in [0.05, 0.1) is 0 Å². The second kappa shape index (κ2) is 11.3. The molecule has 0 radical (unpaired) electrons. The van der Waals surface area contributed by atoms with Gasteiger partial charge in [-0.05, 0) is 46.2 Å². The molecule has 0 saturated carbocycles. The summed E-state index contributed by atoms with van der Waals surface area (Å²) in [5.74, 6) is 0.853. The Kier molecular flexibility index (Phi) is 15.2. The van der Waals surface area contributed by atoms with Crippen LogP contribution in [0, 0.1) is 5.92 Å². The van der Waals surface area contributed by atoms with Crippen LogP contribution in [0.1, 0.15) is 33.6 Å². The minimum absolute atomic E-state index is 0. The molecule has 21 heavy (non-hydrogen) atoms. The summed E-state index contributed by atoms with van der Waals surface area (Å²) < 4.78 is 3.74. The van der Waals surface area contributed by atoms with E-state index in [1.165, 1.54) is 19.4 Å². The Labute approximate surface area is 191 Å². The molecule has 0 aromatic heterocycles. The van der Waals surface area contributed by atoms with E-state index in [-0.39, 0.29) is 70.2 Å². The molecule has 0 spiro atoms. The van der Waals surface area contributed by atoms with Gasteiger partial charge in [0.25, 0.3) is 0 Å². The molecule has 120 valence electrons. The van der Waals surface area contributed by atoms with Crippen molar-refractivity contribution in [3.05, 3.63) is 0 Å². The van der Waals surface area contributed by atoms with Gasteiger partial charge in [-0.25, -0.2) is 0 Å². The summed E-state index contributed by atoms with van der Waals surface area (Å²) in [6.45, 7) is 22.4. The van der Waals surface area contributed by atoms with Crippen LogP contribution in [0.25, 0.3) is 0 Å². The third-order valence-electron chi connectivity index (χ3n) is 4.07. The van der Waals surface area contributed by atoms with Crippen molar-refractivity contribution in [2.24, 2.45) is 5.92 Å². The molecular formula is C15H40KLiN2Si2. The first kappa shape index (κ1) is 28.4. The van der Waals surface area contributed by atoms with Crippen LogP contribution in [0.4, 0.5) is 0 Å². The van der Waals surface area contributed by atoms with Gasteiger partial charge in [0.15, 0.2) is 0 Å². The summed E-state index contributed by atoms with van der Waals surface area (Å²) in [4.78, 5) is 2.47. The van der Waals surface area contributed by atoms with Gasteiger partial charge >= 0.3 is 70.2 Å². The van der Waals surface area contributed by atoms with Crippen molar-refractivity contribution >= 4 is 86.7 Å². The first-order chi connectivity index (χ1) is 8.26. The molecule has 6 heteroatoms. The van der Waals surface area contributed by atoms with Crippen molar-refractivity contribution < 1.29 is 0 Å². The summed E-state index contributed by atoms with van der Waals surface area (Å²) in [5, 5.41) is 0. The third kappa shape index (κ3) is 13.5. The molecule has 2 nitrogen and oxygen atoms in total. The zero-order valence-corrected chi connectivity index (χ0v) is 17.1. The first-order valence-electron chi connectivity index (χ1n) is 7.76. The van der Waals surface area contributed by atoms with E-state index in [4.69, 9.17) is 0 Å². The van der Waals surface area contributed by atoms with Gasteiger partial charge in [-0.15, -0.1) is 0 Å². The number of hydrogen-bond acceptors (Lipinski definition) is 2. The molecule has 1 aliphatic rings. The Bertz CT molecular complexity index is 252. The van der Waals surface area contributed by atoms with Crippen LogP contribution in [0.15, 0.2) is 0 Å². The quantitative estimate of drug-likeness (QED) is 0.770. The Morgan fingerprint density at radius 1 is 1.00 bits per heavy atom. The van der Waals surface area contributed by atoms with E-state index in [1.807, 2.05) is 0 Å². The monoisotopic (exact) mass is 350 g/mol. The number of hydrogen-bond donors (Lipinski definition) is 1. The van der Waals surface area contributed by atoms with E-state index in [1.54, 1.807) is 0 Å². The van der Waals surface area contributed by atoms with Gasteiger partial charge in [0, 0.05) is 5.54 Å². The summed E-state index contributed by atoms with van der Waals surface area (Å²) in [6.07, 6.45) is 2.78. The van der Waals surface area contributed by atoms with Gasteiger partial charge in [-0.1, -0.05) is 46.2 Å². The van der Waals surface area contributed by atoms with E-state index in [0.29, 0.717) is 5.54 Å². The molecule has 1 aliphatic heterocycles. The zero-order valence-electron chi connectivity index (χ0n) is 15.1. The van der Waals surface area contributed by atoms with Gasteiger partial charge in [0.1, 0.15) is 16.5 Å². The maximum atomic E-state index is 3.74. The van der Waals surface area contributed by atoms with Crippen LogP contribution < -0.4 is 4.65 Å². The molecule has 1 rings (SSSR count). The van der Waals surface area contributed by atoms with Crippen molar-refractivity contribution in [3.63, 3.8) is 0 Å². The van der Waals surface area contributed by atoms with Crippen LogP contribution in [-0.4, -0.2) is 111 Å². The number of rotatable bonds is 2. The molecular weight excluding hydrogens is 310 g/mol. The van der Waals surface area contributed by atoms with Crippen LogP contribution in [0.3, 0.4) is 0 Å². The normalized spacial score (nSPS) is 22.3. The van der Waals surface area contributed by atoms with Gasteiger partial charge in [-0.2, -0.15) is 0 Å². The molecule has 0 bridgehead atoms. The second-order valence-electron chi connectivity index (χ2n) is 8.74. The fraction of sp³-hybridized carbons (Fsp3) is 1.00. The molecule has 1 N–H and O–H groups in total. The summed E-state index contributed by atoms with van der Waals surface area (Å²) in [6, 6.07) is 0. The Hall–Kier alpha value is 2.59. The molecule has 1 heterocycles. The summed E-state index contributed by atoms with van der Waals surface area (Å²) in [7, 11) is 0.270. The standard InChI is InChI=1S/C9H19N.C6H19NSi2.K.Li.2H/c1-8-6-5-7-10(4)9(8,2)3;1-8(2,3)7-9(4,5)6;;;;/h8H,5-7H2,1-4H3;7H,1-6H3;;;;. The molecule has 0 aromatic carbocycles. The van der Waals surface area contributed by atoms with E-state index in [9.17, 15) is 0 Å². The Morgan fingerprint density at radius 2 is 1.38 bits per heavy atom. The molecule has 1 atom stereocenters. The third-order valence-corrected chi connectivity index (χ3v) is 10.1. The number of nitrogens with zero attached hydrogens (tertiary/aromatic N) is 1. The van der Waals surface area contributed by atoms with Gasteiger partial charge in [-0.3, -0.25) is 0 Å². The number of likely N-dealkylation sites (tertiary alicyclic amines) is 1. The number of piperidine rings is 1. The van der Waals surface area contributed by atoms with Crippen molar-refractivity contribution in [2.45, 2.75) is 78.4 Å². The fourth-order valence-corrected chi connectivity index (χ4v) is 11.8. The summed E-state index contributed by atoms with van der Waals surface area (Å²) in [5.41, 5.74) is 0.429. The summed E-state index contributed by atoms with van der Waals surface area (Å²) >= 11 is 0. The second-order valence-corrected chi connectivity index (χ2v) is 18.7. The first-order valence-corrected chi connectivity index (χ1v) is 14.8. The predicted molar refractivity (Wildman–Crippen MR) is 109 cm³/mol. The molecule has 0 aromatic rings. The molecule has 0 amide bonds.